The van der Waals surface area contributed by atoms with Crippen molar-refractivity contribution in [3.05, 3.63) is 0 Å². The van der Waals surface area contributed by atoms with Gasteiger partial charge in [-0.15, -0.1) is 0 Å². The maximum Gasteiger partial charge on any atom is 0.0461 e. The minimum Gasteiger partial charge on any atom is -0.297 e. The van der Waals surface area contributed by atoms with Gasteiger partial charge in [0.15, 0.2) is 0 Å². The summed E-state index contributed by atoms with van der Waals surface area (Å²) in [5, 5.41) is 6.30. The molecule has 0 aliphatic carbocycles. The zero-order valence-electron chi connectivity index (χ0n) is 6.39. The fourth-order valence-electron chi connectivity index (χ4n) is 0.983. The third-order valence-corrected chi connectivity index (χ3v) is 1.53. The number of hydrogen-bond donors (Lipinski definition) is 0. The standard InChI is InChI=1S/C7H14N2/c1-4-9-6-7(2,3)5-8-9/h5H,4,6H2,1-3H3. The van der Waals surface area contributed by atoms with Crippen molar-refractivity contribution >= 4 is 6.21 Å². The summed E-state index contributed by atoms with van der Waals surface area (Å²) in [5.74, 6) is 0. The zero-order valence-corrected chi connectivity index (χ0v) is 6.39. The summed E-state index contributed by atoms with van der Waals surface area (Å²) in [6.45, 7) is 8.63. The smallest absolute Gasteiger partial charge is 0.0461 e. The normalized spacial score (nSPS) is 23.2. The molecule has 0 spiro atoms. The van der Waals surface area contributed by atoms with Crippen molar-refractivity contribution in [1.82, 2.24) is 5.01 Å². The number of hydrogen-bond acceptors (Lipinski definition) is 2. The topological polar surface area (TPSA) is 15.6 Å². The van der Waals surface area contributed by atoms with Crippen molar-refractivity contribution < 1.29 is 0 Å². The fourth-order valence-corrected chi connectivity index (χ4v) is 0.983. The first-order chi connectivity index (χ1) is 4.14. The largest absolute Gasteiger partial charge is 0.297 e. The average Bonchev–Trinajstić information content (AvgIpc) is 2.10. The minimum atomic E-state index is 0.302. The molecular formula is C7H14N2. The predicted octanol–water partition coefficient (Wildman–Crippen LogP) is 1.33. The van der Waals surface area contributed by atoms with Crippen molar-refractivity contribution in [2.24, 2.45) is 10.5 Å². The highest BCUT2D eigenvalue weighted by molar-refractivity contribution is 5.66. The average molecular weight is 126 g/mol. The van der Waals surface area contributed by atoms with E-state index in [1.165, 1.54) is 0 Å². The van der Waals surface area contributed by atoms with Gasteiger partial charge in [-0.1, -0.05) is 13.8 Å². The van der Waals surface area contributed by atoms with E-state index in [0.29, 0.717) is 5.41 Å². The van der Waals surface area contributed by atoms with Crippen molar-refractivity contribution in [3.63, 3.8) is 0 Å². The predicted molar refractivity (Wildman–Crippen MR) is 39.5 cm³/mol. The highest BCUT2D eigenvalue weighted by Crippen LogP contribution is 2.19. The third-order valence-electron chi connectivity index (χ3n) is 1.53. The summed E-state index contributed by atoms with van der Waals surface area (Å²) < 4.78 is 0. The van der Waals surface area contributed by atoms with E-state index in [1.54, 1.807) is 0 Å². The van der Waals surface area contributed by atoms with E-state index in [-0.39, 0.29) is 0 Å². The van der Waals surface area contributed by atoms with Gasteiger partial charge in [0.25, 0.3) is 0 Å². The van der Waals surface area contributed by atoms with Crippen LogP contribution in [0.2, 0.25) is 0 Å². The van der Waals surface area contributed by atoms with E-state index in [2.05, 4.69) is 30.9 Å². The third kappa shape index (κ3) is 1.44. The molecule has 2 nitrogen and oxygen atoms in total. The first-order valence-corrected chi connectivity index (χ1v) is 3.44. The van der Waals surface area contributed by atoms with Gasteiger partial charge in [0, 0.05) is 24.7 Å². The number of rotatable bonds is 1. The van der Waals surface area contributed by atoms with E-state index in [9.17, 15) is 0 Å². The van der Waals surface area contributed by atoms with Gasteiger partial charge < -0.3 is 0 Å². The molecule has 0 aromatic heterocycles. The summed E-state index contributed by atoms with van der Waals surface area (Å²) in [7, 11) is 0. The molecule has 1 aliphatic rings. The summed E-state index contributed by atoms with van der Waals surface area (Å²) in [6.07, 6.45) is 2.02. The van der Waals surface area contributed by atoms with Crippen LogP contribution < -0.4 is 0 Å². The lowest BCUT2D eigenvalue weighted by molar-refractivity contribution is 0.279. The summed E-state index contributed by atoms with van der Waals surface area (Å²) in [5.41, 5.74) is 0.302. The second-order valence-electron chi connectivity index (χ2n) is 3.21. The molecule has 0 aromatic carbocycles. The van der Waals surface area contributed by atoms with Gasteiger partial charge in [-0.3, -0.25) is 5.01 Å². The summed E-state index contributed by atoms with van der Waals surface area (Å²) in [4.78, 5) is 0. The Morgan fingerprint density at radius 2 is 2.33 bits per heavy atom. The highest BCUT2D eigenvalue weighted by atomic mass is 15.5. The van der Waals surface area contributed by atoms with Gasteiger partial charge in [-0.05, 0) is 6.92 Å². The zero-order chi connectivity index (χ0) is 6.91. The lowest BCUT2D eigenvalue weighted by Gasteiger charge is -2.16. The van der Waals surface area contributed by atoms with Crippen LogP contribution in [0.5, 0.6) is 0 Å². The molecule has 0 saturated carbocycles. The van der Waals surface area contributed by atoms with Crippen LogP contribution in [0.3, 0.4) is 0 Å². The van der Waals surface area contributed by atoms with Gasteiger partial charge in [0.05, 0.1) is 0 Å². The second kappa shape index (κ2) is 2.01. The Morgan fingerprint density at radius 1 is 1.67 bits per heavy atom. The Labute approximate surface area is 56.5 Å². The molecule has 0 atom stereocenters. The molecule has 1 heterocycles. The van der Waals surface area contributed by atoms with Crippen molar-refractivity contribution in [1.29, 1.82) is 0 Å². The Morgan fingerprint density at radius 3 is 2.56 bits per heavy atom. The molecule has 0 amide bonds. The fraction of sp³-hybridized carbons (Fsp3) is 0.857. The molecule has 2 heteroatoms. The molecule has 0 N–H and O–H groups in total. The number of nitrogens with zero attached hydrogens (tertiary/aromatic N) is 2. The molecule has 9 heavy (non-hydrogen) atoms. The highest BCUT2D eigenvalue weighted by Gasteiger charge is 2.23. The second-order valence-corrected chi connectivity index (χ2v) is 3.21. The maximum atomic E-state index is 4.22. The van der Waals surface area contributed by atoms with Crippen LogP contribution >= 0.6 is 0 Å². The van der Waals surface area contributed by atoms with Crippen LogP contribution in [0.4, 0.5) is 0 Å². The summed E-state index contributed by atoms with van der Waals surface area (Å²) >= 11 is 0. The van der Waals surface area contributed by atoms with Crippen molar-refractivity contribution in [2.45, 2.75) is 20.8 Å². The monoisotopic (exact) mass is 126 g/mol. The molecule has 0 radical (unpaired) electrons. The molecule has 1 aliphatic heterocycles. The SMILES string of the molecule is CCN1CC(C)(C)C=N1. The minimum absolute atomic E-state index is 0.302. The Bertz CT molecular complexity index is 127. The van der Waals surface area contributed by atoms with Crippen molar-refractivity contribution in [2.75, 3.05) is 13.1 Å². The molecule has 0 aromatic rings. The van der Waals surface area contributed by atoms with Gasteiger partial charge in [-0.25, -0.2) is 0 Å². The first kappa shape index (κ1) is 6.59. The van der Waals surface area contributed by atoms with Crippen LogP contribution in [0, 0.1) is 5.41 Å². The van der Waals surface area contributed by atoms with E-state index < -0.39 is 0 Å². The quantitative estimate of drug-likeness (QED) is 0.517. The Kier molecular flexibility index (Phi) is 1.47. The molecular weight excluding hydrogens is 112 g/mol. The van der Waals surface area contributed by atoms with Gasteiger partial charge in [-0.2, -0.15) is 5.10 Å². The molecule has 0 bridgehead atoms. The Hall–Kier alpha value is -0.530. The van der Waals surface area contributed by atoms with Crippen LogP contribution in [0.1, 0.15) is 20.8 Å². The maximum absolute atomic E-state index is 4.22. The molecule has 0 saturated heterocycles. The van der Waals surface area contributed by atoms with E-state index >= 15 is 0 Å². The van der Waals surface area contributed by atoms with Crippen LogP contribution in [-0.2, 0) is 0 Å². The first-order valence-electron chi connectivity index (χ1n) is 3.44. The van der Waals surface area contributed by atoms with Crippen LogP contribution in [-0.4, -0.2) is 24.3 Å². The lowest BCUT2D eigenvalue weighted by Crippen LogP contribution is -2.23. The van der Waals surface area contributed by atoms with Gasteiger partial charge >= 0.3 is 0 Å². The Balaban J connectivity index is 2.50. The van der Waals surface area contributed by atoms with Crippen LogP contribution in [0.25, 0.3) is 0 Å². The molecule has 52 valence electrons. The molecule has 0 unspecified atom stereocenters. The summed E-state index contributed by atoms with van der Waals surface area (Å²) in [6, 6.07) is 0. The van der Waals surface area contributed by atoms with Gasteiger partial charge in [0.2, 0.25) is 0 Å². The molecule has 0 fully saturated rings. The van der Waals surface area contributed by atoms with Crippen molar-refractivity contribution in [3.8, 4) is 0 Å². The van der Waals surface area contributed by atoms with Crippen LogP contribution in [0.15, 0.2) is 5.10 Å². The number of hydrazone groups is 1. The molecule has 1 rings (SSSR count). The lowest BCUT2D eigenvalue weighted by atomic mass is 9.97. The van der Waals surface area contributed by atoms with E-state index in [1.807, 2.05) is 6.21 Å². The van der Waals surface area contributed by atoms with E-state index in [4.69, 9.17) is 0 Å². The van der Waals surface area contributed by atoms with Gasteiger partial charge in [0.1, 0.15) is 0 Å². The van der Waals surface area contributed by atoms with E-state index in [0.717, 1.165) is 13.1 Å².